The van der Waals surface area contributed by atoms with Crippen LogP contribution in [0.5, 0.6) is 0 Å². The zero-order valence-corrected chi connectivity index (χ0v) is 13.2. The summed E-state index contributed by atoms with van der Waals surface area (Å²) in [6, 6.07) is 0.904. The summed E-state index contributed by atoms with van der Waals surface area (Å²) in [5.41, 5.74) is 0.0995. The standard InChI is InChI=1S/C14H24N4OS/c1-11(2)15-8-13-16-10-17-18(13)12-3-5-19-14(7-12)4-6-20-9-14/h10-12,15H,3-9H2,1-2H3. The van der Waals surface area contributed by atoms with Gasteiger partial charge in [-0.3, -0.25) is 0 Å². The molecule has 2 saturated heterocycles. The van der Waals surface area contributed by atoms with Crippen molar-refractivity contribution in [2.24, 2.45) is 0 Å². The van der Waals surface area contributed by atoms with Gasteiger partial charge in [0.05, 0.1) is 18.2 Å². The van der Waals surface area contributed by atoms with Crippen molar-refractivity contribution >= 4 is 11.8 Å². The van der Waals surface area contributed by atoms with Crippen LogP contribution in [0.25, 0.3) is 0 Å². The van der Waals surface area contributed by atoms with Gasteiger partial charge in [0.1, 0.15) is 12.2 Å². The molecule has 2 unspecified atom stereocenters. The van der Waals surface area contributed by atoms with E-state index in [1.54, 1.807) is 6.33 Å². The molecule has 3 rings (SSSR count). The lowest BCUT2D eigenvalue weighted by Gasteiger charge is -2.38. The Hall–Kier alpha value is -0.590. The van der Waals surface area contributed by atoms with Crippen LogP contribution in [0, 0.1) is 0 Å². The minimum absolute atomic E-state index is 0.0995. The van der Waals surface area contributed by atoms with Crippen LogP contribution in [0.3, 0.4) is 0 Å². The third-order valence-corrected chi connectivity index (χ3v) is 5.42. The zero-order chi connectivity index (χ0) is 14.0. The Labute approximate surface area is 124 Å². The lowest BCUT2D eigenvalue weighted by molar-refractivity contribution is -0.0782. The fraction of sp³-hybridized carbons (Fsp3) is 0.857. The predicted molar refractivity (Wildman–Crippen MR) is 80.9 cm³/mol. The molecular formula is C14H24N4OS. The van der Waals surface area contributed by atoms with Crippen molar-refractivity contribution in [3.05, 3.63) is 12.2 Å². The summed E-state index contributed by atoms with van der Waals surface area (Å²) in [7, 11) is 0. The van der Waals surface area contributed by atoms with Gasteiger partial charge in [-0.1, -0.05) is 13.8 Å². The molecular weight excluding hydrogens is 272 g/mol. The molecule has 0 aromatic carbocycles. The average Bonchev–Trinajstić information content (AvgIpc) is 3.06. The van der Waals surface area contributed by atoms with Gasteiger partial charge in [0.2, 0.25) is 0 Å². The summed E-state index contributed by atoms with van der Waals surface area (Å²) < 4.78 is 8.22. The summed E-state index contributed by atoms with van der Waals surface area (Å²) in [5.74, 6) is 3.41. The van der Waals surface area contributed by atoms with E-state index < -0.39 is 0 Å². The second kappa shape index (κ2) is 6.03. The van der Waals surface area contributed by atoms with Crippen LogP contribution in [-0.4, -0.2) is 44.5 Å². The van der Waals surface area contributed by atoms with Crippen LogP contribution in [0.2, 0.25) is 0 Å². The molecule has 0 bridgehead atoms. The van der Waals surface area contributed by atoms with E-state index in [4.69, 9.17) is 4.74 Å². The maximum Gasteiger partial charge on any atom is 0.141 e. The lowest BCUT2D eigenvalue weighted by atomic mass is 9.90. The summed E-state index contributed by atoms with van der Waals surface area (Å²) >= 11 is 2.01. The Bertz CT molecular complexity index is 442. The molecule has 20 heavy (non-hydrogen) atoms. The molecule has 2 aliphatic heterocycles. The second-order valence-electron chi connectivity index (χ2n) is 6.14. The Morgan fingerprint density at radius 1 is 1.60 bits per heavy atom. The van der Waals surface area contributed by atoms with Crippen molar-refractivity contribution in [1.29, 1.82) is 0 Å². The lowest BCUT2D eigenvalue weighted by Crippen LogP contribution is -2.41. The number of hydrogen-bond donors (Lipinski definition) is 1. The molecule has 0 saturated carbocycles. The van der Waals surface area contributed by atoms with Crippen molar-refractivity contribution in [3.63, 3.8) is 0 Å². The second-order valence-corrected chi connectivity index (χ2v) is 7.24. The molecule has 0 radical (unpaired) electrons. The highest BCUT2D eigenvalue weighted by Crippen LogP contribution is 2.41. The average molecular weight is 296 g/mol. The molecule has 2 atom stereocenters. The van der Waals surface area contributed by atoms with Gasteiger partial charge in [-0.25, -0.2) is 9.67 Å². The fourth-order valence-electron chi connectivity index (χ4n) is 3.07. The van der Waals surface area contributed by atoms with Crippen molar-refractivity contribution in [2.45, 2.75) is 57.3 Å². The maximum atomic E-state index is 6.09. The molecule has 2 aliphatic rings. The highest BCUT2D eigenvalue weighted by molar-refractivity contribution is 7.99. The molecule has 0 amide bonds. The van der Waals surface area contributed by atoms with Gasteiger partial charge in [-0.2, -0.15) is 16.9 Å². The first-order valence-corrected chi connectivity index (χ1v) is 8.67. The van der Waals surface area contributed by atoms with Crippen LogP contribution in [0.4, 0.5) is 0 Å². The molecule has 1 aromatic rings. The fourth-order valence-corrected chi connectivity index (χ4v) is 4.45. The van der Waals surface area contributed by atoms with Gasteiger partial charge in [-0.05, 0) is 25.0 Å². The van der Waals surface area contributed by atoms with Gasteiger partial charge < -0.3 is 10.1 Å². The number of aromatic nitrogens is 3. The van der Waals surface area contributed by atoms with E-state index in [2.05, 4.69) is 33.9 Å². The quantitative estimate of drug-likeness (QED) is 0.921. The molecule has 1 N–H and O–H groups in total. The Morgan fingerprint density at radius 2 is 2.50 bits per heavy atom. The molecule has 112 valence electrons. The largest absolute Gasteiger partial charge is 0.374 e. The summed E-state index contributed by atoms with van der Waals surface area (Å²) in [6.45, 7) is 5.94. The smallest absolute Gasteiger partial charge is 0.141 e. The van der Waals surface area contributed by atoms with Gasteiger partial charge in [0, 0.05) is 18.4 Å². The Kier molecular flexibility index (Phi) is 4.33. The van der Waals surface area contributed by atoms with Gasteiger partial charge in [0.25, 0.3) is 0 Å². The minimum atomic E-state index is 0.0995. The molecule has 1 aromatic heterocycles. The monoisotopic (exact) mass is 296 g/mol. The molecule has 3 heterocycles. The highest BCUT2D eigenvalue weighted by atomic mass is 32.2. The van der Waals surface area contributed by atoms with Crippen LogP contribution < -0.4 is 5.32 Å². The van der Waals surface area contributed by atoms with Crippen molar-refractivity contribution in [3.8, 4) is 0 Å². The van der Waals surface area contributed by atoms with E-state index in [-0.39, 0.29) is 5.60 Å². The zero-order valence-electron chi connectivity index (χ0n) is 12.3. The first kappa shape index (κ1) is 14.4. The SMILES string of the molecule is CC(C)NCc1ncnn1C1CCOC2(CCSC2)C1. The van der Waals surface area contributed by atoms with E-state index in [1.807, 2.05) is 11.8 Å². The van der Waals surface area contributed by atoms with E-state index in [0.717, 1.165) is 37.6 Å². The van der Waals surface area contributed by atoms with E-state index in [1.165, 1.54) is 12.2 Å². The van der Waals surface area contributed by atoms with E-state index >= 15 is 0 Å². The highest BCUT2D eigenvalue weighted by Gasteiger charge is 2.41. The van der Waals surface area contributed by atoms with E-state index in [9.17, 15) is 0 Å². The maximum absolute atomic E-state index is 6.09. The van der Waals surface area contributed by atoms with E-state index in [0.29, 0.717) is 12.1 Å². The molecule has 0 aliphatic carbocycles. The summed E-state index contributed by atoms with van der Waals surface area (Å²) in [5, 5.41) is 7.91. The molecule has 2 fully saturated rings. The number of nitrogens with one attached hydrogen (secondary N) is 1. The van der Waals surface area contributed by atoms with Crippen LogP contribution in [-0.2, 0) is 11.3 Å². The normalized spacial score (nSPS) is 30.4. The van der Waals surface area contributed by atoms with Crippen molar-refractivity contribution < 1.29 is 4.74 Å². The summed E-state index contributed by atoms with van der Waals surface area (Å²) in [4.78, 5) is 4.42. The van der Waals surface area contributed by atoms with Crippen molar-refractivity contribution in [1.82, 2.24) is 20.1 Å². The van der Waals surface area contributed by atoms with Crippen LogP contribution in [0.15, 0.2) is 6.33 Å². The number of ether oxygens (including phenoxy) is 1. The first-order valence-electron chi connectivity index (χ1n) is 7.52. The summed E-state index contributed by atoms with van der Waals surface area (Å²) in [6.07, 6.45) is 4.99. The third-order valence-electron chi connectivity index (χ3n) is 4.20. The van der Waals surface area contributed by atoms with Gasteiger partial charge >= 0.3 is 0 Å². The Morgan fingerprint density at radius 3 is 3.25 bits per heavy atom. The topological polar surface area (TPSA) is 52.0 Å². The number of nitrogens with zero attached hydrogens (tertiary/aromatic N) is 3. The molecule has 5 nitrogen and oxygen atoms in total. The first-order chi connectivity index (χ1) is 9.69. The minimum Gasteiger partial charge on any atom is -0.374 e. The molecule has 6 heteroatoms. The van der Waals surface area contributed by atoms with Gasteiger partial charge in [-0.15, -0.1) is 0 Å². The number of rotatable bonds is 4. The third kappa shape index (κ3) is 3.02. The van der Waals surface area contributed by atoms with Gasteiger partial charge in [0.15, 0.2) is 0 Å². The predicted octanol–water partition coefficient (Wildman–Crippen LogP) is 2.00. The Balaban J connectivity index is 1.70. The number of thioether (sulfide) groups is 1. The van der Waals surface area contributed by atoms with Crippen LogP contribution >= 0.6 is 11.8 Å². The number of hydrogen-bond acceptors (Lipinski definition) is 5. The van der Waals surface area contributed by atoms with Crippen molar-refractivity contribution in [2.75, 3.05) is 18.1 Å². The molecule has 1 spiro atoms. The van der Waals surface area contributed by atoms with Crippen LogP contribution in [0.1, 0.15) is 45.0 Å².